The van der Waals surface area contributed by atoms with E-state index in [2.05, 4.69) is 5.92 Å². The molecule has 5 nitrogen and oxygen atoms in total. The maximum Gasteiger partial charge on any atom is 0.306 e. The van der Waals surface area contributed by atoms with Gasteiger partial charge in [0.05, 0.1) is 0 Å². The average molecular weight is 349 g/mol. The van der Waals surface area contributed by atoms with E-state index in [1.807, 2.05) is 24.3 Å². The minimum absolute atomic E-state index is 0.0133. The molecule has 0 N–H and O–H groups in total. The van der Waals surface area contributed by atoms with Gasteiger partial charge in [0, 0.05) is 29.5 Å². The average Bonchev–Trinajstić information content (AvgIpc) is 2.66. The molecule has 5 heteroatoms. The van der Waals surface area contributed by atoms with E-state index in [1.165, 1.54) is 4.90 Å². The Kier molecular flexibility index (Phi) is 5.33. The Morgan fingerprint density at radius 3 is 2.27 bits per heavy atom. The van der Waals surface area contributed by atoms with E-state index >= 15 is 0 Å². The Labute approximate surface area is 151 Å². The number of benzene rings is 2. The summed E-state index contributed by atoms with van der Waals surface area (Å²) in [7, 11) is 0. The van der Waals surface area contributed by atoms with Crippen LogP contribution in [-0.2, 0) is 9.53 Å². The quantitative estimate of drug-likeness (QED) is 0.333. The molecule has 0 aromatic heterocycles. The van der Waals surface area contributed by atoms with Crippen molar-refractivity contribution in [3.63, 3.8) is 0 Å². The van der Waals surface area contributed by atoms with Crippen LogP contribution < -0.4 is 0 Å². The second kappa shape index (κ2) is 7.83. The van der Waals surface area contributed by atoms with Gasteiger partial charge in [0.25, 0.3) is 11.8 Å². The van der Waals surface area contributed by atoms with Crippen molar-refractivity contribution in [1.82, 2.24) is 4.90 Å². The number of carbonyl (C=O) groups excluding carboxylic acids is 3. The Bertz CT molecular complexity index is 859. The van der Waals surface area contributed by atoms with Gasteiger partial charge in [-0.2, -0.15) is 0 Å². The number of amides is 2. The third kappa shape index (κ3) is 3.45. The van der Waals surface area contributed by atoms with E-state index in [1.54, 1.807) is 12.1 Å². The fourth-order valence-electron chi connectivity index (χ4n) is 3.19. The van der Waals surface area contributed by atoms with Gasteiger partial charge >= 0.3 is 5.97 Å². The lowest BCUT2D eigenvalue weighted by atomic mass is 9.94. The molecule has 2 aromatic carbocycles. The number of unbranched alkanes of at least 4 members (excludes halogenated alkanes) is 2. The normalized spacial score (nSPS) is 13.0. The van der Waals surface area contributed by atoms with Gasteiger partial charge < -0.3 is 4.74 Å². The van der Waals surface area contributed by atoms with E-state index in [-0.39, 0.29) is 30.8 Å². The molecule has 2 amide bonds. The Balaban J connectivity index is 1.61. The monoisotopic (exact) mass is 349 g/mol. The molecule has 1 aliphatic heterocycles. The number of nitrogens with zero attached hydrogens (tertiary/aromatic N) is 1. The van der Waals surface area contributed by atoms with Gasteiger partial charge in [0.1, 0.15) is 0 Å². The highest BCUT2D eigenvalue weighted by atomic mass is 16.5. The molecule has 2 aromatic rings. The van der Waals surface area contributed by atoms with Gasteiger partial charge in [-0.1, -0.05) is 36.6 Å². The number of ether oxygens (including phenoxy) is 1. The maximum absolute atomic E-state index is 12.7. The van der Waals surface area contributed by atoms with Gasteiger partial charge in [-0.25, -0.2) is 0 Å². The highest BCUT2D eigenvalue weighted by Crippen LogP contribution is 2.30. The van der Waals surface area contributed by atoms with Crippen LogP contribution in [0.5, 0.6) is 0 Å². The summed E-state index contributed by atoms with van der Waals surface area (Å²) in [5.41, 5.74) is 1.13. The van der Waals surface area contributed by atoms with Crippen LogP contribution in [0.15, 0.2) is 36.4 Å². The van der Waals surface area contributed by atoms with Crippen LogP contribution in [0.4, 0.5) is 0 Å². The number of hydrogen-bond donors (Lipinski definition) is 0. The zero-order valence-corrected chi connectivity index (χ0v) is 14.4. The molecule has 26 heavy (non-hydrogen) atoms. The lowest BCUT2D eigenvalue weighted by Gasteiger charge is -2.27. The second-order valence-electron chi connectivity index (χ2n) is 6.15. The zero-order chi connectivity index (χ0) is 18.5. The summed E-state index contributed by atoms with van der Waals surface area (Å²) in [4.78, 5) is 38.1. The first kappa shape index (κ1) is 17.7. The first-order valence-electron chi connectivity index (χ1n) is 8.60. The van der Waals surface area contributed by atoms with Crippen LogP contribution in [0.2, 0.25) is 0 Å². The molecule has 0 fully saturated rings. The molecule has 0 saturated carbocycles. The van der Waals surface area contributed by atoms with Crippen molar-refractivity contribution in [2.75, 3.05) is 13.2 Å². The van der Waals surface area contributed by atoms with Crippen LogP contribution >= 0.6 is 0 Å². The molecule has 0 unspecified atom stereocenters. The number of terminal acetylenes is 1. The summed E-state index contributed by atoms with van der Waals surface area (Å²) in [6.45, 7) is 0.322. The molecule has 3 rings (SSSR count). The number of imide groups is 1. The minimum atomic E-state index is -0.325. The third-order valence-corrected chi connectivity index (χ3v) is 4.43. The minimum Gasteiger partial charge on any atom is -0.452 e. The van der Waals surface area contributed by atoms with Gasteiger partial charge in [-0.3, -0.25) is 19.3 Å². The van der Waals surface area contributed by atoms with E-state index in [9.17, 15) is 14.4 Å². The maximum atomic E-state index is 12.7. The SMILES string of the molecule is C#CCOC(=O)CCCCCN1C(=O)c2cccc3cccc(c23)C1=O. The summed E-state index contributed by atoms with van der Waals surface area (Å²) >= 11 is 0. The summed E-state index contributed by atoms with van der Waals surface area (Å²) in [5, 5.41) is 1.63. The molecule has 132 valence electrons. The van der Waals surface area contributed by atoms with Crippen LogP contribution in [0.3, 0.4) is 0 Å². The van der Waals surface area contributed by atoms with Gasteiger partial charge in [0.15, 0.2) is 6.61 Å². The van der Waals surface area contributed by atoms with E-state index < -0.39 is 0 Å². The predicted molar refractivity (Wildman–Crippen MR) is 97.6 cm³/mol. The van der Waals surface area contributed by atoms with Gasteiger partial charge in [-0.15, -0.1) is 6.42 Å². The van der Waals surface area contributed by atoms with Crippen molar-refractivity contribution in [2.45, 2.75) is 25.7 Å². The Morgan fingerprint density at radius 2 is 1.65 bits per heavy atom. The first-order valence-corrected chi connectivity index (χ1v) is 8.60. The smallest absolute Gasteiger partial charge is 0.306 e. The summed E-state index contributed by atoms with van der Waals surface area (Å²) in [5.74, 6) is 1.41. The van der Waals surface area contributed by atoms with Crippen LogP contribution in [0.25, 0.3) is 10.8 Å². The topological polar surface area (TPSA) is 63.7 Å². The van der Waals surface area contributed by atoms with Crippen molar-refractivity contribution in [2.24, 2.45) is 0 Å². The van der Waals surface area contributed by atoms with E-state index in [0.29, 0.717) is 36.9 Å². The molecule has 0 bridgehead atoms. The third-order valence-electron chi connectivity index (χ3n) is 4.43. The number of rotatable bonds is 7. The summed E-state index contributed by atoms with van der Waals surface area (Å²) in [6, 6.07) is 11.0. The molecule has 0 radical (unpaired) electrons. The van der Waals surface area contributed by atoms with E-state index in [4.69, 9.17) is 11.2 Å². The Morgan fingerprint density at radius 1 is 1.00 bits per heavy atom. The lowest BCUT2D eigenvalue weighted by molar-refractivity contribution is -0.142. The highest BCUT2D eigenvalue weighted by molar-refractivity contribution is 6.25. The standard InChI is InChI=1S/C21H19NO4/c1-2-14-26-18(23)12-4-3-5-13-22-20(24)16-10-6-8-15-9-7-11-17(19(15)16)21(22)25/h1,6-11H,3-5,12-14H2. The molecule has 0 aliphatic carbocycles. The predicted octanol–water partition coefficient (Wildman–Crippen LogP) is 3.17. The molecule has 0 spiro atoms. The molecule has 0 saturated heterocycles. The zero-order valence-electron chi connectivity index (χ0n) is 14.4. The number of hydrogen-bond acceptors (Lipinski definition) is 4. The van der Waals surface area contributed by atoms with Gasteiger partial charge in [0.2, 0.25) is 0 Å². The summed E-state index contributed by atoms with van der Waals surface area (Å²) < 4.78 is 4.80. The lowest BCUT2D eigenvalue weighted by Crippen LogP contribution is -2.40. The molecule has 1 aliphatic rings. The summed E-state index contributed by atoms with van der Waals surface area (Å²) in [6.07, 6.45) is 7.29. The second-order valence-corrected chi connectivity index (χ2v) is 6.15. The van der Waals surface area contributed by atoms with Crippen molar-refractivity contribution < 1.29 is 19.1 Å². The van der Waals surface area contributed by atoms with Crippen molar-refractivity contribution in [1.29, 1.82) is 0 Å². The Hall–Kier alpha value is -3.13. The molecule has 1 heterocycles. The highest BCUT2D eigenvalue weighted by Gasteiger charge is 2.31. The van der Waals surface area contributed by atoms with Crippen molar-refractivity contribution >= 4 is 28.6 Å². The number of esters is 1. The van der Waals surface area contributed by atoms with Crippen molar-refractivity contribution in [3.8, 4) is 12.3 Å². The van der Waals surface area contributed by atoms with E-state index in [0.717, 1.165) is 10.8 Å². The molecule has 0 atom stereocenters. The van der Waals surface area contributed by atoms with Crippen molar-refractivity contribution in [3.05, 3.63) is 47.5 Å². The van der Waals surface area contributed by atoms with Crippen LogP contribution in [0.1, 0.15) is 46.4 Å². The largest absolute Gasteiger partial charge is 0.452 e. The fourth-order valence-corrected chi connectivity index (χ4v) is 3.19. The van der Waals surface area contributed by atoms with Gasteiger partial charge in [-0.05, 0) is 30.4 Å². The first-order chi connectivity index (χ1) is 12.6. The van der Waals surface area contributed by atoms with Crippen LogP contribution in [0, 0.1) is 12.3 Å². The number of carbonyl (C=O) groups is 3. The molecular weight excluding hydrogens is 330 g/mol. The van der Waals surface area contributed by atoms with Crippen LogP contribution in [-0.4, -0.2) is 35.8 Å². The molecular formula is C21H19NO4. The fraction of sp³-hybridized carbons (Fsp3) is 0.286.